The Morgan fingerprint density at radius 1 is 1.31 bits per heavy atom. The Labute approximate surface area is 102 Å². The molecule has 1 aromatic carbocycles. The molecular formula is C13H18N2S. The van der Waals surface area contributed by atoms with Crippen LogP contribution in [0.2, 0.25) is 0 Å². The first kappa shape index (κ1) is 11.5. The Kier molecular flexibility index (Phi) is 3.88. The van der Waals surface area contributed by atoms with E-state index < -0.39 is 0 Å². The summed E-state index contributed by atoms with van der Waals surface area (Å²) in [7, 11) is 0. The van der Waals surface area contributed by atoms with Crippen molar-refractivity contribution in [2.24, 2.45) is 4.99 Å². The first-order chi connectivity index (χ1) is 7.81. The van der Waals surface area contributed by atoms with Gasteiger partial charge in [-0.1, -0.05) is 37.7 Å². The van der Waals surface area contributed by atoms with Gasteiger partial charge in [0, 0.05) is 11.4 Å². The van der Waals surface area contributed by atoms with Crippen molar-refractivity contribution in [3.05, 3.63) is 29.8 Å². The molecule has 1 aliphatic heterocycles. The van der Waals surface area contributed by atoms with E-state index in [0.717, 1.165) is 29.4 Å². The third-order valence-corrected chi connectivity index (χ3v) is 3.83. The number of nitrogens with zero attached hydrogens (tertiary/aromatic N) is 1. The molecular weight excluding hydrogens is 216 g/mol. The molecule has 1 aromatic rings. The zero-order valence-corrected chi connectivity index (χ0v) is 10.7. The number of nitrogens with one attached hydrogen (secondary N) is 1. The van der Waals surface area contributed by atoms with Gasteiger partial charge in [-0.15, -0.1) is 0 Å². The number of amidine groups is 1. The Hall–Kier alpha value is -0.960. The van der Waals surface area contributed by atoms with Crippen LogP contribution in [0.3, 0.4) is 0 Å². The van der Waals surface area contributed by atoms with Crippen LogP contribution in [0.5, 0.6) is 0 Å². The van der Waals surface area contributed by atoms with Gasteiger partial charge < -0.3 is 5.32 Å². The highest BCUT2D eigenvalue weighted by molar-refractivity contribution is 8.14. The van der Waals surface area contributed by atoms with E-state index >= 15 is 0 Å². The van der Waals surface area contributed by atoms with Crippen molar-refractivity contribution < 1.29 is 0 Å². The number of rotatable bonds is 3. The van der Waals surface area contributed by atoms with E-state index in [1.54, 1.807) is 0 Å². The molecule has 0 radical (unpaired) electrons. The fraction of sp³-hybridized carbons (Fsp3) is 0.462. The van der Waals surface area contributed by atoms with E-state index in [2.05, 4.69) is 48.4 Å². The minimum atomic E-state index is 0.502. The zero-order valence-electron chi connectivity index (χ0n) is 9.86. The summed E-state index contributed by atoms with van der Waals surface area (Å²) in [6, 6.07) is 9.09. The maximum absolute atomic E-state index is 4.61. The molecule has 0 saturated carbocycles. The molecule has 1 aliphatic rings. The summed E-state index contributed by atoms with van der Waals surface area (Å²) in [4.78, 5) is 4.61. The van der Waals surface area contributed by atoms with Crippen LogP contribution >= 0.6 is 11.8 Å². The summed E-state index contributed by atoms with van der Waals surface area (Å²) in [5, 5.41) is 4.44. The summed E-state index contributed by atoms with van der Waals surface area (Å²) >= 11 is 1.82. The maximum Gasteiger partial charge on any atom is 0.161 e. The van der Waals surface area contributed by atoms with Gasteiger partial charge in [0.1, 0.15) is 0 Å². The molecule has 86 valence electrons. The van der Waals surface area contributed by atoms with Gasteiger partial charge in [0.2, 0.25) is 0 Å². The second-order valence-corrected chi connectivity index (χ2v) is 4.99. The smallest absolute Gasteiger partial charge is 0.161 e. The first-order valence-corrected chi connectivity index (χ1v) is 6.87. The standard InChI is InChI=1S/C13H18N2S/c1-3-10-5-7-12(8-6-10)15-13-14-11(4-2)9-16-13/h5-8,11H,3-4,9H2,1-2H3,(H,14,15)/t11-/m1/s1. The SMILES string of the molecule is CCc1ccc(NC2=N[C@H](CC)CS2)cc1. The summed E-state index contributed by atoms with van der Waals surface area (Å²) in [6.07, 6.45) is 2.22. The Bertz CT molecular complexity index is 370. The van der Waals surface area contributed by atoms with Crippen molar-refractivity contribution in [2.45, 2.75) is 32.7 Å². The fourth-order valence-electron chi connectivity index (χ4n) is 1.64. The third kappa shape index (κ3) is 2.79. The van der Waals surface area contributed by atoms with Gasteiger partial charge in [-0.3, -0.25) is 4.99 Å². The van der Waals surface area contributed by atoms with E-state index in [1.165, 1.54) is 5.56 Å². The van der Waals surface area contributed by atoms with Crippen molar-refractivity contribution in [1.82, 2.24) is 0 Å². The molecule has 16 heavy (non-hydrogen) atoms. The molecule has 0 bridgehead atoms. The second kappa shape index (κ2) is 5.39. The van der Waals surface area contributed by atoms with Gasteiger partial charge in [0.25, 0.3) is 0 Å². The largest absolute Gasteiger partial charge is 0.335 e. The lowest BCUT2D eigenvalue weighted by atomic mass is 10.1. The minimum Gasteiger partial charge on any atom is -0.335 e. The van der Waals surface area contributed by atoms with Gasteiger partial charge in [0.15, 0.2) is 5.17 Å². The van der Waals surface area contributed by atoms with E-state index in [0.29, 0.717) is 6.04 Å². The molecule has 2 nitrogen and oxygen atoms in total. The van der Waals surface area contributed by atoms with Crippen molar-refractivity contribution in [3.63, 3.8) is 0 Å². The molecule has 0 aliphatic carbocycles. The third-order valence-electron chi connectivity index (χ3n) is 2.80. The molecule has 0 fully saturated rings. The van der Waals surface area contributed by atoms with Gasteiger partial charge >= 0.3 is 0 Å². The predicted octanol–water partition coefficient (Wildman–Crippen LogP) is 3.54. The van der Waals surface area contributed by atoms with Crippen LogP contribution in [0.1, 0.15) is 25.8 Å². The molecule has 3 heteroatoms. The van der Waals surface area contributed by atoms with Crippen molar-refractivity contribution >= 4 is 22.6 Å². The van der Waals surface area contributed by atoms with E-state index in [4.69, 9.17) is 0 Å². The van der Waals surface area contributed by atoms with Gasteiger partial charge in [-0.2, -0.15) is 0 Å². The Morgan fingerprint density at radius 2 is 2.06 bits per heavy atom. The summed E-state index contributed by atoms with van der Waals surface area (Å²) in [5.41, 5.74) is 2.51. The normalized spacial score (nSPS) is 19.6. The van der Waals surface area contributed by atoms with E-state index in [9.17, 15) is 0 Å². The van der Waals surface area contributed by atoms with Crippen LogP contribution < -0.4 is 5.32 Å². The van der Waals surface area contributed by atoms with Crippen LogP contribution in [-0.4, -0.2) is 17.0 Å². The summed E-state index contributed by atoms with van der Waals surface area (Å²) < 4.78 is 0. The molecule has 1 N–H and O–H groups in total. The average molecular weight is 234 g/mol. The van der Waals surface area contributed by atoms with Crippen molar-refractivity contribution in [3.8, 4) is 0 Å². The summed E-state index contributed by atoms with van der Waals surface area (Å²) in [5.74, 6) is 1.12. The molecule has 2 rings (SSSR count). The second-order valence-electron chi connectivity index (χ2n) is 3.98. The number of aryl methyl sites for hydroxylation is 1. The number of aliphatic imine (C=N–C) groups is 1. The number of thioether (sulfide) groups is 1. The molecule has 0 spiro atoms. The number of hydrogen-bond acceptors (Lipinski definition) is 3. The van der Waals surface area contributed by atoms with Crippen LogP contribution in [0.4, 0.5) is 5.69 Å². The average Bonchev–Trinajstić information content (AvgIpc) is 2.78. The lowest BCUT2D eigenvalue weighted by Crippen LogP contribution is -2.05. The molecule has 0 unspecified atom stereocenters. The maximum atomic E-state index is 4.61. The van der Waals surface area contributed by atoms with E-state index in [1.807, 2.05) is 11.8 Å². The van der Waals surface area contributed by atoms with Crippen LogP contribution in [-0.2, 0) is 6.42 Å². The number of anilines is 1. The molecule has 1 atom stereocenters. The van der Waals surface area contributed by atoms with Gasteiger partial charge in [-0.05, 0) is 30.5 Å². The zero-order chi connectivity index (χ0) is 11.4. The predicted molar refractivity (Wildman–Crippen MR) is 73.4 cm³/mol. The van der Waals surface area contributed by atoms with Crippen LogP contribution in [0.15, 0.2) is 29.3 Å². The van der Waals surface area contributed by atoms with Crippen LogP contribution in [0, 0.1) is 0 Å². The monoisotopic (exact) mass is 234 g/mol. The number of hydrogen-bond donors (Lipinski definition) is 1. The highest BCUT2D eigenvalue weighted by Gasteiger charge is 2.16. The lowest BCUT2D eigenvalue weighted by Gasteiger charge is -2.05. The molecule has 0 aromatic heterocycles. The topological polar surface area (TPSA) is 24.4 Å². The van der Waals surface area contributed by atoms with Crippen molar-refractivity contribution in [2.75, 3.05) is 11.1 Å². The van der Waals surface area contributed by atoms with E-state index in [-0.39, 0.29) is 0 Å². The van der Waals surface area contributed by atoms with Gasteiger partial charge in [-0.25, -0.2) is 0 Å². The molecule has 1 heterocycles. The fourth-order valence-corrected chi connectivity index (χ4v) is 2.71. The Morgan fingerprint density at radius 3 is 2.62 bits per heavy atom. The summed E-state index contributed by atoms with van der Waals surface area (Å²) in [6.45, 7) is 4.36. The van der Waals surface area contributed by atoms with Crippen LogP contribution in [0.25, 0.3) is 0 Å². The van der Waals surface area contributed by atoms with Gasteiger partial charge in [0.05, 0.1) is 6.04 Å². The highest BCUT2D eigenvalue weighted by atomic mass is 32.2. The lowest BCUT2D eigenvalue weighted by molar-refractivity contribution is 0.738. The number of benzene rings is 1. The molecule has 0 amide bonds. The minimum absolute atomic E-state index is 0.502. The van der Waals surface area contributed by atoms with Crippen molar-refractivity contribution in [1.29, 1.82) is 0 Å². The quantitative estimate of drug-likeness (QED) is 0.865. The first-order valence-electron chi connectivity index (χ1n) is 5.88. The Balaban J connectivity index is 1.99. The highest BCUT2D eigenvalue weighted by Crippen LogP contribution is 2.21. The molecule has 0 saturated heterocycles.